The number of thioether (sulfide) groups is 1. The van der Waals surface area contributed by atoms with Crippen molar-refractivity contribution in [3.63, 3.8) is 0 Å². The van der Waals surface area contributed by atoms with E-state index in [4.69, 9.17) is 4.74 Å². The van der Waals surface area contributed by atoms with Crippen LogP contribution >= 0.6 is 11.8 Å². The molecule has 0 aliphatic carbocycles. The molecular formula is C15H17NO4S. The molecule has 6 heteroatoms. The molecule has 1 heterocycles. The highest BCUT2D eigenvalue weighted by Gasteiger charge is 2.42. The Morgan fingerprint density at radius 1 is 1.24 bits per heavy atom. The molecule has 0 radical (unpaired) electrons. The van der Waals surface area contributed by atoms with Crippen LogP contribution in [0.1, 0.15) is 34.1 Å². The number of benzene rings is 1. The second kappa shape index (κ2) is 6.76. The minimum absolute atomic E-state index is 0.220. The Labute approximate surface area is 127 Å². The van der Waals surface area contributed by atoms with Crippen LogP contribution < -0.4 is 0 Å². The highest BCUT2D eigenvalue weighted by atomic mass is 32.2. The second-order valence-electron chi connectivity index (χ2n) is 4.58. The number of amides is 2. The largest absolute Gasteiger partial charge is 0.464 e. The number of carbonyl (C=O) groups is 3. The predicted molar refractivity (Wildman–Crippen MR) is 80.4 cm³/mol. The zero-order valence-corrected chi connectivity index (χ0v) is 12.8. The van der Waals surface area contributed by atoms with E-state index in [2.05, 4.69) is 0 Å². The Morgan fingerprint density at radius 3 is 2.29 bits per heavy atom. The lowest BCUT2D eigenvalue weighted by Gasteiger charge is -2.24. The Hall–Kier alpha value is -1.82. The molecule has 5 nitrogen and oxygen atoms in total. The van der Waals surface area contributed by atoms with Gasteiger partial charge in [0.05, 0.1) is 17.7 Å². The molecule has 0 fully saturated rings. The number of nitrogens with zero attached hydrogens (tertiary/aromatic N) is 1. The lowest BCUT2D eigenvalue weighted by atomic mass is 10.1. The number of hydrogen-bond donors (Lipinski definition) is 0. The van der Waals surface area contributed by atoms with Gasteiger partial charge < -0.3 is 4.74 Å². The summed E-state index contributed by atoms with van der Waals surface area (Å²) in [6.07, 6.45) is 2.30. The number of ether oxygens (including phenoxy) is 1. The second-order valence-corrected chi connectivity index (χ2v) is 5.56. The SMILES string of the molecule is CCOC(=O)C(CCSC)N1C(=O)c2ccccc2C1=O. The van der Waals surface area contributed by atoms with Crippen molar-refractivity contribution in [3.05, 3.63) is 35.4 Å². The average Bonchev–Trinajstić information content (AvgIpc) is 2.73. The number of fused-ring (bicyclic) bond motifs is 1. The highest BCUT2D eigenvalue weighted by Crippen LogP contribution is 2.26. The van der Waals surface area contributed by atoms with Gasteiger partial charge in [-0.05, 0) is 37.5 Å². The molecule has 1 aliphatic rings. The van der Waals surface area contributed by atoms with E-state index >= 15 is 0 Å². The Bertz CT molecular complexity index is 538. The van der Waals surface area contributed by atoms with Gasteiger partial charge in [0.1, 0.15) is 6.04 Å². The van der Waals surface area contributed by atoms with Crippen molar-refractivity contribution >= 4 is 29.5 Å². The van der Waals surface area contributed by atoms with Gasteiger partial charge in [-0.15, -0.1) is 0 Å². The molecular weight excluding hydrogens is 290 g/mol. The summed E-state index contributed by atoms with van der Waals surface area (Å²) in [4.78, 5) is 38.0. The molecule has 2 amide bonds. The van der Waals surface area contributed by atoms with E-state index in [0.29, 0.717) is 23.3 Å². The van der Waals surface area contributed by atoms with Crippen LogP contribution in [-0.2, 0) is 9.53 Å². The van der Waals surface area contributed by atoms with Crippen LogP contribution in [0.3, 0.4) is 0 Å². The van der Waals surface area contributed by atoms with Gasteiger partial charge in [-0.2, -0.15) is 11.8 Å². The zero-order chi connectivity index (χ0) is 15.4. The number of esters is 1. The zero-order valence-electron chi connectivity index (χ0n) is 12.0. The van der Waals surface area contributed by atoms with Gasteiger partial charge in [0.15, 0.2) is 0 Å². The maximum absolute atomic E-state index is 12.4. The van der Waals surface area contributed by atoms with Crippen LogP contribution in [0.4, 0.5) is 0 Å². The summed E-state index contributed by atoms with van der Waals surface area (Å²) in [5, 5.41) is 0. The summed E-state index contributed by atoms with van der Waals surface area (Å²) in [7, 11) is 0. The third-order valence-electron chi connectivity index (χ3n) is 3.29. The fourth-order valence-electron chi connectivity index (χ4n) is 2.31. The summed E-state index contributed by atoms with van der Waals surface area (Å²) in [6.45, 7) is 1.92. The first-order valence-electron chi connectivity index (χ1n) is 6.74. The molecule has 1 aromatic rings. The molecule has 1 unspecified atom stereocenters. The van der Waals surface area contributed by atoms with Crippen molar-refractivity contribution in [1.29, 1.82) is 0 Å². The normalized spacial score (nSPS) is 15.0. The molecule has 0 aromatic heterocycles. The van der Waals surface area contributed by atoms with Gasteiger partial charge in [0.25, 0.3) is 11.8 Å². The Kier molecular flexibility index (Phi) is 5.01. The molecule has 0 N–H and O–H groups in total. The third-order valence-corrected chi connectivity index (χ3v) is 3.94. The molecule has 1 atom stereocenters. The van der Waals surface area contributed by atoms with Crippen LogP contribution in [0.15, 0.2) is 24.3 Å². The van der Waals surface area contributed by atoms with Gasteiger partial charge in [0.2, 0.25) is 0 Å². The number of carbonyl (C=O) groups excluding carboxylic acids is 3. The standard InChI is InChI=1S/C15H17NO4S/c1-3-20-15(19)12(8-9-21-2)16-13(17)10-6-4-5-7-11(10)14(16)18/h4-7,12H,3,8-9H2,1-2H3. The minimum Gasteiger partial charge on any atom is -0.464 e. The Balaban J connectivity index is 2.31. The molecule has 1 aromatic carbocycles. The molecule has 1 aliphatic heterocycles. The van der Waals surface area contributed by atoms with Gasteiger partial charge in [-0.25, -0.2) is 4.79 Å². The first-order valence-corrected chi connectivity index (χ1v) is 8.13. The van der Waals surface area contributed by atoms with E-state index in [9.17, 15) is 14.4 Å². The maximum atomic E-state index is 12.4. The van der Waals surface area contributed by atoms with Crippen molar-refractivity contribution in [2.75, 3.05) is 18.6 Å². The van der Waals surface area contributed by atoms with E-state index in [-0.39, 0.29) is 6.61 Å². The molecule has 112 valence electrons. The highest BCUT2D eigenvalue weighted by molar-refractivity contribution is 7.98. The Morgan fingerprint density at radius 2 is 1.81 bits per heavy atom. The summed E-state index contributed by atoms with van der Waals surface area (Å²) >= 11 is 1.55. The van der Waals surface area contributed by atoms with Crippen molar-refractivity contribution in [2.24, 2.45) is 0 Å². The number of hydrogen-bond acceptors (Lipinski definition) is 5. The van der Waals surface area contributed by atoms with Crippen molar-refractivity contribution < 1.29 is 19.1 Å². The fourth-order valence-corrected chi connectivity index (χ4v) is 2.77. The molecule has 0 saturated heterocycles. The predicted octanol–water partition coefficient (Wildman–Crippen LogP) is 1.97. The first kappa shape index (κ1) is 15.6. The van der Waals surface area contributed by atoms with Gasteiger partial charge >= 0.3 is 5.97 Å². The number of imide groups is 1. The van der Waals surface area contributed by atoms with Gasteiger partial charge in [0, 0.05) is 0 Å². The lowest BCUT2D eigenvalue weighted by molar-refractivity contribution is -0.147. The maximum Gasteiger partial charge on any atom is 0.329 e. The minimum atomic E-state index is -0.857. The smallest absolute Gasteiger partial charge is 0.329 e. The van der Waals surface area contributed by atoms with E-state index in [1.807, 2.05) is 6.26 Å². The monoisotopic (exact) mass is 307 g/mol. The average molecular weight is 307 g/mol. The summed E-state index contributed by atoms with van der Waals surface area (Å²) < 4.78 is 5.01. The quantitative estimate of drug-likeness (QED) is 0.594. The third kappa shape index (κ3) is 2.95. The van der Waals surface area contributed by atoms with E-state index in [1.165, 1.54) is 0 Å². The molecule has 21 heavy (non-hydrogen) atoms. The topological polar surface area (TPSA) is 63.7 Å². The van der Waals surface area contributed by atoms with Crippen LogP contribution in [0.25, 0.3) is 0 Å². The molecule has 0 bridgehead atoms. The summed E-state index contributed by atoms with van der Waals surface area (Å²) in [6, 6.07) is 5.76. The van der Waals surface area contributed by atoms with Crippen LogP contribution in [0, 0.1) is 0 Å². The van der Waals surface area contributed by atoms with Crippen molar-refractivity contribution in [2.45, 2.75) is 19.4 Å². The van der Waals surface area contributed by atoms with Crippen LogP contribution in [-0.4, -0.2) is 47.3 Å². The van der Waals surface area contributed by atoms with Crippen LogP contribution in [0.2, 0.25) is 0 Å². The summed E-state index contributed by atoms with van der Waals surface area (Å²) in [5.74, 6) is -0.706. The molecule has 2 rings (SSSR count). The lowest BCUT2D eigenvalue weighted by Crippen LogP contribution is -2.46. The van der Waals surface area contributed by atoms with E-state index in [1.54, 1.807) is 43.0 Å². The van der Waals surface area contributed by atoms with Crippen LogP contribution in [0.5, 0.6) is 0 Å². The van der Waals surface area contributed by atoms with E-state index in [0.717, 1.165) is 4.90 Å². The fraction of sp³-hybridized carbons (Fsp3) is 0.400. The van der Waals surface area contributed by atoms with E-state index < -0.39 is 23.8 Å². The summed E-state index contributed by atoms with van der Waals surface area (Å²) in [5.41, 5.74) is 0.696. The van der Waals surface area contributed by atoms with Crippen molar-refractivity contribution in [3.8, 4) is 0 Å². The van der Waals surface area contributed by atoms with Gasteiger partial charge in [-0.3, -0.25) is 14.5 Å². The first-order chi connectivity index (χ1) is 10.1. The van der Waals surface area contributed by atoms with Gasteiger partial charge in [-0.1, -0.05) is 12.1 Å². The molecule has 0 spiro atoms. The van der Waals surface area contributed by atoms with Crippen molar-refractivity contribution in [1.82, 2.24) is 4.90 Å². The number of rotatable bonds is 6. The molecule has 0 saturated carbocycles.